The van der Waals surface area contributed by atoms with Gasteiger partial charge in [-0.1, -0.05) is 60.1 Å². The van der Waals surface area contributed by atoms with Gasteiger partial charge in [-0.2, -0.15) is 0 Å². The molecule has 54 heavy (non-hydrogen) atoms. The maximum atomic E-state index is 7.31. The highest BCUT2D eigenvalue weighted by Crippen LogP contribution is 2.69. The van der Waals surface area contributed by atoms with Crippen LogP contribution in [0, 0.1) is 0 Å². The van der Waals surface area contributed by atoms with Crippen LogP contribution in [0.5, 0.6) is 0 Å². The lowest BCUT2D eigenvalue weighted by Crippen LogP contribution is -2.61. The van der Waals surface area contributed by atoms with Crippen LogP contribution in [0.4, 0.5) is 0 Å². The second-order valence-corrected chi connectivity index (χ2v) is 15.5. The average Bonchev–Trinajstić information content (AvgIpc) is 3.55. The van der Waals surface area contributed by atoms with E-state index in [2.05, 4.69) is 4.98 Å². The Kier molecular flexibility index (Phi) is 10.7. The third-order valence-corrected chi connectivity index (χ3v) is 14.1. The molecular formula is C30HB22NS. The fourth-order valence-electron chi connectivity index (χ4n) is 6.92. The SMILES string of the molecule is [B]c1c([B])c([B])c(S(c2c([B])c([B])c([B])c([B])c2[B])(c2c([B])c([B])c([B])c([B])c2[B])c2c([B])c([B])c3[nH]c4c([B])c([B])c([B])c([B])c4c3c2[B])c([B])c1[B]. The van der Waals surface area contributed by atoms with Crippen molar-refractivity contribution in [3.05, 3.63) is 0 Å². The summed E-state index contributed by atoms with van der Waals surface area (Å²) in [6.45, 7) is 0. The first-order valence-electron chi connectivity index (χ1n) is 15.4. The second kappa shape index (κ2) is 14.0. The Morgan fingerprint density at radius 1 is 0.204 bits per heavy atom. The summed E-state index contributed by atoms with van der Waals surface area (Å²) in [5, 5.41) is 0.329. The molecule has 6 rings (SSSR count). The van der Waals surface area contributed by atoms with Gasteiger partial charge in [-0.3, -0.25) is 0 Å². The van der Waals surface area contributed by atoms with E-state index in [4.69, 9.17) is 173 Å². The summed E-state index contributed by atoms with van der Waals surface area (Å²) in [6.07, 6.45) is 0. The Morgan fingerprint density at radius 3 is 0.704 bits per heavy atom. The van der Waals surface area contributed by atoms with E-state index in [9.17, 15) is 0 Å². The molecule has 0 aliphatic heterocycles. The molecule has 1 aromatic heterocycles. The number of rotatable bonds is 4. The zero-order valence-electron chi connectivity index (χ0n) is 28.6. The molecule has 0 aliphatic rings. The lowest BCUT2D eigenvalue weighted by Gasteiger charge is -2.52. The van der Waals surface area contributed by atoms with Gasteiger partial charge in [0.2, 0.25) is 0 Å². The number of aromatic nitrogens is 1. The first kappa shape index (κ1) is 41.3. The van der Waals surface area contributed by atoms with Crippen LogP contribution in [0.1, 0.15) is 0 Å². The molecule has 5 aromatic carbocycles. The monoisotopic (exact) mass is 649 g/mol. The molecule has 24 heteroatoms. The number of fused-ring (bicyclic) bond motifs is 3. The van der Waals surface area contributed by atoms with Crippen molar-refractivity contribution in [3.63, 3.8) is 0 Å². The highest BCUT2D eigenvalue weighted by Gasteiger charge is 2.43. The number of benzene rings is 5. The van der Waals surface area contributed by atoms with E-state index >= 15 is 0 Å². The maximum absolute atomic E-state index is 7.31. The smallest absolute Gasteiger partial charge is 0.116 e. The third-order valence-electron chi connectivity index (χ3n) is 9.90. The zero-order valence-corrected chi connectivity index (χ0v) is 29.4. The fourth-order valence-corrected chi connectivity index (χ4v) is 11.7. The van der Waals surface area contributed by atoms with Crippen molar-refractivity contribution >= 4 is 325 Å². The van der Waals surface area contributed by atoms with E-state index in [1.165, 1.54) is 0 Å². The minimum absolute atomic E-state index is 0.00742. The van der Waals surface area contributed by atoms with E-state index < -0.39 is 10.0 Å². The van der Waals surface area contributed by atoms with Crippen LogP contribution in [-0.4, -0.2) is 178 Å². The van der Waals surface area contributed by atoms with Gasteiger partial charge in [0.05, 0.1) is 0 Å². The lowest BCUT2D eigenvalue weighted by molar-refractivity contribution is 1.39. The summed E-state index contributed by atoms with van der Waals surface area (Å²) >= 11 is 0. The topological polar surface area (TPSA) is 15.8 Å². The molecule has 0 fully saturated rings. The van der Waals surface area contributed by atoms with Gasteiger partial charge in [-0.25, -0.2) is 0 Å². The molecule has 0 saturated heterocycles. The molecule has 0 unspecified atom stereocenters. The predicted molar refractivity (Wildman–Crippen MR) is 254 cm³/mol. The summed E-state index contributed by atoms with van der Waals surface area (Å²) in [5.74, 6) is 0. The van der Waals surface area contributed by atoms with Crippen molar-refractivity contribution in [2.75, 3.05) is 0 Å². The van der Waals surface area contributed by atoms with Gasteiger partial charge in [-0.05, 0) is 30.4 Å². The van der Waals surface area contributed by atoms with E-state index in [0.29, 0.717) is 0 Å². The lowest BCUT2D eigenvalue weighted by atomic mass is 9.62. The van der Waals surface area contributed by atoms with Crippen molar-refractivity contribution in [2.24, 2.45) is 0 Å². The van der Waals surface area contributed by atoms with Gasteiger partial charge in [-0.15, -0.1) is 70.1 Å². The normalized spacial score (nSPS) is 12.1. The highest BCUT2D eigenvalue weighted by molar-refractivity contribution is 8.35. The predicted octanol–water partition coefficient (Wildman–Crippen LogP) is -17.9. The van der Waals surface area contributed by atoms with Crippen LogP contribution >= 0.6 is 10.0 Å². The minimum Gasteiger partial charge on any atom is -0.356 e. The van der Waals surface area contributed by atoms with Crippen molar-refractivity contribution in [1.29, 1.82) is 0 Å². The van der Waals surface area contributed by atoms with Gasteiger partial charge in [0.25, 0.3) is 0 Å². The van der Waals surface area contributed by atoms with Crippen molar-refractivity contribution in [1.82, 2.24) is 4.98 Å². The van der Waals surface area contributed by atoms with E-state index in [-0.39, 0.29) is 162 Å². The largest absolute Gasteiger partial charge is 0.356 e. The molecule has 0 atom stereocenters. The molecular weight excluding hydrogens is 644 g/mol. The van der Waals surface area contributed by atoms with Crippen LogP contribution in [0.2, 0.25) is 0 Å². The van der Waals surface area contributed by atoms with E-state index in [0.717, 1.165) is 0 Å². The molecule has 44 radical (unpaired) electrons. The summed E-state index contributed by atoms with van der Waals surface area (Å²) in [7, 11) is 143. The maximum Gasteiger partial charge on any atom is 0.116 e. The van der Waals surface area contributed by atoms with Crippen molar-refractivity contribution < 1.29 is 0 Å². The molecule has 0 bridgehead atoms. The van der Waals surface area contributed by atoms with E-state index in [1.807, 2.05) is 0 Å². The number of nitrogens with one attached hydrogen (secondary N) is 1. The number of aromatic amines is 1. The first-order valence-corrected chi connectivity index (χ1v) is 17.1. The molecule has 1 nitrogen and oxygen atoms in total. The van der Waals surface area contributed by atoms with Gasteiger partial charge in [0.15, 0.2) is 0 Å². The Labute approximate surface area is 347 Å². The van der Waals surface area contributed by atoms with Crippen LogP contribution in [0.25, 0.3) is 21.8 Å². The number of H-pyrrole nitrogens is 1. The molecule has 6 aromatic rings. The molecule has 1 N–H and O–H groups in total. The average molecular weight is 645 g/mol. The Bertz CT molecular complexity index is 2450. The highest BCUT2D eigenvalue weighted by atomic mass is 32.3. The summed E-state index contributed by atoms with van der Waals surface area (Å²) in [5.41, 5.74) is -3.94. The summed E-state index contributed by atoms with van der Waals surface area (Å²) in [6, 6.07) is 0. The van der Waals surface area contributed by atoms with Crippen LogP contribution < -0.4 is 120 Å². The zero-order chi connectivity index (χ0) is 40.5. The molecule has 0 aliphatic carbocycles. The van der Waals surface area contributed by atoms with Crippen LogP contribution in [0.3, 0.4) is 0 Å². The van der Waals surface area contributed by atoms with Gasteiger partial charge < -0.3 is 4.98 Å². The molecule has 0 saturated carbocycles. The summed E-state index contributed by atoms with van der Waals surface area (Å²) in [4.78, 5) is 2.49. The Hall–Kier alpha value is -2.32. The van der Waals surface area contributed by atoms with Crippen LogP contribution in [0.15, 0.2) is 19.6 Å². The molecule has 0 amide bonds. The Balaban J connectivity index is 2.16. The van der Waals surface area contributed by atoms with E-state index in [1.54, 1.807) is 0 Å². The van der Waals surface area contributed by atoms with Crippen molar-refractivity contribution in [3.8, 4) is 0 Å². The minimum atomic E-state index is -4.01. The molecule has 198 valence electrons. The van der Waals surface area contributed by atoms with Gasteiger partial charge >= 0.3 is 0 Å². The molecule has 0 spiro atoms. The molecule has 1 heterocycles. The Morgan fingerprint density at radius 2 is 0.389 bits per heavy atom. The quantitative estimate of drug-likeness (QED) is 0.184. The third kappa shape index (κ3) is 5.25. The standard InChI is InChI=1S/C30HB22NS/c31-3-1-2-4(32)27(24(52)17(45)26(2)53-25(1)16(44)9(37)5(3)33)54(28-18(46)10(38)6(34)11(39)19(28)47,29-20(48)12(40)7(35)13(41)21(29)49)30-22(50)14(42)8(36)15(43)23(30)51/h53H. The number of hydrogen-bond donors (Lipinski definition) is 1. The second-order valence-electron chi connectivity index (χ2n) is 12.7. The first-order chi connectivity index (χ1) is 25.0. The van der Waals surface area contributed by atoms with Gasteiger partial charge in [0.1, 0.15) is 173 Å². The van der Waals surface area contributed by atoms with Crippen LogP contribution in [-0.2, 0) is 0 Å². The van der Waals surface area contributed by atoms with Crippen molar-refractivity contribution in [2.45, 2.75) is 19.6 Å². The summed E-state index contributed by atoms with van der Waals surface area (Å²) < 4.78 is 0. The fraction of sp³-hybridized carbons (Fsp3) is 0. The number of hydrogen-bond acceptors (Lipinski definition) is 0. The van der Waals surface area contributed by atoms with Gasteiger partial charge in [0, 0.05) is 11.0 Å².